The zero-order valence-corrected chi connectivity index (χ0v) is 23.3. The van der Waals surface area contributed by atoms with Crippen LogP contribution in [0.25, 0.3) is 10.9 Å². The molecule has 0 aromatic carbocycles. The van der Waals surface area contributed by atoms with Gasteiger partial charge in [0.05, 0.1) is 12.1 Å². The fourth-order valence-electron chi connectivity index (χ4n) is 5.40. The maximum absolute atomic E-state index is 14.4. The number of Topliss-reactive ketones (excluding diaryl/α,β-unsaturated/α-hetero) is 1. The van der Waals surface area contributed by atoms with Crippen LogP contribution in [0, 0.1) is 5.92 Å². The molecule has 9 nitrogen and oxygen atoms in total. The maximum atomic E-state index is 14.4. The lowest BCUT2D eigenvalue weighted by Gasteiger charge is -2.37. The molecule has 2 fully saturated rings. The van der Waals surface area contributed by atoms with Crippen molar-refractivity contribution in [2.75, 3.05) is 43.5 Å². The SMILES string of the molecule is COC1CCN(c2nccc(Nc3cc4c(cn3)c(C(=O)CC3CCNCC3)cn4C(C)C)n2)CC1(F)F.Cl. The number of nitrogens with one attached hydrogen (secondary N) is 2. The number of anilines is 3. The van der Waals surface area contributed by atoms with Crippen molar-refractivity contribution in [2.45, 2.75) is 57.6 Å². The Hall–Kier alpha value is -2.89. The number of methoxy groups -OCH3 is 1. The van der Waals surface area contributed by atoms with Crippen LogP contribution in [0.15, 0.2) is 30.7 Å². The fraction of sp³-hybridized carbons (Fsp3) is 0.556. The predicted molar refractivity (Wildman–Crippen MR) is 150 cm³/mol. The number of nitrogens with zero attached hydrogens (tertiary/aromatic N) is 5. The molecule has 3 aromatic heterocycles. The Morgan fingerprint density at radius 2 is 2.00 bits per heavy atom. The third-order valence-electron chi connectivity index (χ3n) is 7.51. The average molecular weight is 564 g/mol. The van der Waals surface area contributed by atoms with E-state index in [1.807, 2.05) is 12.3 Å². The van der Waals surface area contributed by atoms with Gasteiger partial charge in [-0.15, -0.1) is 12.4 Å². The Balaban J connectivity index is 0.00000353. The molecule has 1 atom stereocenters. The molecule has 0 aliphatic carbocycles. The van der Waals surface area contributed by atoms with E-state index < -0.39 is 18.6 Å². The van der Waals surface area contributed by atoms with Crippen LogP contribution in [-0.4, -0.2) is 70.6 Å². The largest absolute Gasteiger partial charge is 0.375 e. The highest BCUT2D eigenvalue weighted by Gasteiger charge is 2.45. The normalized spacial score (nSPS) is 19.7. The number of carbonyl (C=O) groups excluding carboxylic acids is 1. The second kappa shape index (κ2) is 12.1. The second-order valence-electron chi connectivity index (χ2n) is 10.5. The van der Waals surface area contributed by atoms with Crippen LogP contribution in [0.2, 0.25) is 0 Å². The molecular weight excluding hydrogens is 528 g/mol. The van der Waals surface area contributed by atoms with Gasteiger partial charge >= 0.3 is 0 Å². The fourth-order valence-corrected chi connectivity index (χ4v) is 5.40. The highest BCUT2D eigenvalue weighted by molar-refractivity contribution is 6.08. The summed E-state index contributed by atoms with van der Waals surface area (Å²) in [6, 6.07) is 3.72. The minimum atomic E-state index is -2.99. The summed E-state index contributed by atoms with van der Waals surface area (Å²) in [5.41, 5.74) is 1.61. The molecule has 2 aliphatic rings. The number of pyridine rings is 1. The minimum Gasteiger partial charge on any atom is -0.375 e. The van der Waals surface area contributed by atoms with Crippen LogP contribution in [0.5, 0.6) is 0 Å². The molecule has 0 bridgehead atoms. The van der Waals surface area contributed by atoms with Crippen molar-refractivity contribution >= 4 is 46.7 Å². The number of piperidine rings is 2. The van der Waals surface area contributed by atoms with E-state index in [1.165, 1.54) is 18.2 Å². The van der Waals surface area contributed by atoms with E-state index in [0.29, 0.717) is 36.1 Å². The van der Waals surface area contributed by atoms with E-state index >= 15 is 0 Å². The number of carbonyl (C=O) groups is 1. The van der Waals surface area contributed by atoms with Crippen molar-refractivity contribution in [1.82, 2.24) is 24.8 Å². The van der Waals surface area contributed by atoms with Gasteiger partial charge in [0.25, 0.3) is 5.92 Å². The molecule has 0 saturated carbocycles. The summed E-state index contributed by atoms with van der Waals surface area (Å²) >= 11 is 0. The number of fused-ring (bicyclic) bond motifs is 1. The molecule has 2 aliphatic heterocycles. The lowest BCUT2D eigenvalue weighted by Crippen LogP contribution is -2.52. The Morgan fingerprint density at radius 3 is 2.69 bits per heavy atom. The van der Waals surface area contributed by atoms with Gasteiger partial charge in [-0.1, -0.05) is 0 Å². The zero-order valence-electron chi connectivity index (χ0n) is 22.5. The summed E-state index contributed by atoms with van der Waals surface area (Å²) in [4.78, 5) is 28.0. The Morgan fingerprint density at radius 1 is 1.23 bits per heavy atom. The Bertz CT molecular complexity index is 1300. The van der Waals surface area contributed by atoms with Gasteiger partial charge in [0, 0.05) is 61.7 Å². The van der Waals surface area contributed by atoms with Crippen LogP contribution < -0.4 is 15.5 Å². The molecule has 39 heavy (non-hydrogen) atoms. The molecule has 0 spiro atoms. The monoisotopic (exact) mass is 563 g/mol. The van der Waals surface area contributed by atoms with Crippen molar-refractivity contribution in [3.05, 3.63) is 36.3 Å². The first kappa shape index (κ1) is 29.1. The smallest absolute Gasteiger partial charge is 0.290 e. The van der Waals surface area contributed by atoms with Gasteiger partial charge in [-0.25, -0.2) is 18.7 Å². The standard InChI is InChI=1S/C27H35F2N7O2.ClH/c1-17(2)36-15-20(22(37)12-18-4-8-30-9-5-18)19-14-32-25(13-21(19)36)33-24-6-10-31-26(34-24)35-11-7-23(38-3)27(28,29)16-35;/h6,10,13-15,17-18,23,30H,4-5,7-9,11-12,16H2,1-3H3,(H,31,32,33,34);1H. The van der Waals surface area contributed by atoms with Crippen molar-refractivity contribution in [3.63, 3.8) is 0 Å². The van der Waals surface area contributed by atoms with Crippen molar-refractivity contribution in [2.24, 2.45) is 5.92 Å². The summed E-state index contributed by atoms with van der Waals surface area (Å²) < 4.78 is 35.9. The number of halogens is 3. The second-order valence-corrected chi connectivity index (χ2v) is 10.5. The van der Waals surface area contributed by atoms with Crippen LogP contribution in [-0.2, 0) is 4.74 Å². The van der Waals surface area contributed by atoms with Crippen LogP contribution >= 0.6 is 12.4 Å². The zero-order chi connectivity index (χ0) is 26.9. The van der Waals surface area contributed by atoms with E-state index in [-0.39, 0.29) is 36.6 Å². The van der Waals surface area contributed by atoms with Crippen molar-refractivity contribution in [1.29, 1.82) is 0 Å². The summed E-state index contributed by atoms with van der Waals surface area (Å²) in [6.45, 7) is 5.94. The lowest BCUT2D eigenvalue weighted by molar-refractivity contribution is -0.129. The molecule has 2 saturated heterocycles. The van der Waals surface area contributed by atoms with E-state index in [9.17, 15) is 13.6 Å². The molecule has 2 N–H and O–H groups in total. The molecule has 212 valence electrons. The van der Waals surface area contributed by atoms with Gasteiger partial charge in [-0.3, -0.25) is 4.79 Å². The van der Waals surface area contributed by atoms with Gasteiger partial charge in [0.2, 0.25) is 5.95 Å². The first-order valence-electron chi connectivity index (χ1n) is 13.3. The number of alkyl halides is 2. The molecule has 3 aromatic rings. The quantitative estimate of drug-likeness (QED) is 0.369. The van der Waals surface area contributed by atoms with Gasteiger partial charge < -0.3 is 24.8 Å². The van der Waals surface area contributed by atoms with E-state index in [4.69, 9.17) is 4.74 Å². The maximum Gasteiger partial charge on any atom is 0.290 e. The summed E-state index contributed by atoms with van der Waals surface area (Å²) in [7, 11) is 1.31. The third-order valence-corrected chi connectivity index (χ3v) is 7.51. The van der Waals surface area contributed by atoms with Gasteiger partial charge in [0.15, 0.2) is 5.78 Å². The van der Waals surface area contributed by atoms with E-state index in [1.54, 1.807) is 12.3 Å². The summed E-state index contributed by atoms with van der Waals surface area (Å²) in [5.74, 6) is -1.22. The molecule has 0 amide bonds. The topological polar surface area (TPSA) is 97.2 Å². The van der Waals surface area contributed by atoms with E-state index in [0.717, 1.165) is 36.8 Å². The molecule has 12 heteroatoms. The first-order valence-corrected chi connectivity index (χ1v) is 13.3. The molecular formula is C27H36ClF2N7O2. The van der Waals surface area contributed by atoms with Gasteiger partial charge in [0.1, 0.15) is 17.7 Å². The minimum absolute atomic E-state index is 0. The van der Waals surface area contributed by atoms with E-state index in [2.05, 4.69) is 44.0 Å². The lowest BCUT2D eigenvalue weighted by atomic mass is 9.91. The summed E-state index contributed by atoms with van der Waals surface area (Å²) in [5, 5.41) is 7.36. The highest BCUT2D eigenvalue weighted by Crippen LogP contribution is 2.32. The molecule has 5 heterocycles. The number of ether oxygens (including phenoxy) is 1. The Labute approximate surface area is 233 Å². The Kier molecular flexibility index (Phi) is 9.03. The molecule has 1 unspecified atom stereocenters. The van der Waals surface area contributed by atoms with Crippen molar-refractivity contribution in [3.8, 4) is 0 Å². The predicted octanol–water partition coefficient (Wildman–Crippen LogP) is 5.01. The van der Waals surface area contributed by atoms with Crippen LogP contribution in [0.4, 0.5) is 26.4 Å². The van der Waals surface area contributed by atoms with Crippen LogP contribution in [0.1, 0.15) is 55.9 Å². The number of hydrogen-bond acceptors (Lipinski definition) is 8. The average Bonchev–Trinajstić information content (AvgIpc) is 3.28. The summed E-state index contributed by atoms with van der Waals surface area (Å²) in [6.07, 6.45) is 6.87. The highest BCUT2D eigenvalue weighted by atomic mass is 35.5. The van der Waals surface area contributed by atoms with Gasteiger partial charge in [-0.05, 0) is 58.2 Å². The van der Waals surface area contributed by atoms with Gasteiger partial charge in [-0.2, -0.15) is 4.98 Å². The third kappa shape index (κ3) is 6.31. The molecule has 5 rings (SSSR count). The van der Waals surface area contributed by atoms with Crippen LogP contribution in [0.3, 0.4) is 0 Å². The number of hydrogen-bond donors (Lipinski definition) is 2. The first-order chi connectivity index (χ1) is 18.2. The number of aromatic nitrogens is 4. The number of ketones is 1. The number of rotatable bonds is 8. The van der Waals surface area contributed by atoms with Crippen molar-refractivity contribution < 1.29 is 18.3 Å². The molecule has 0 radical (unpaired) electrons.